The first-order valence-corrected chi connectivity index (χ1v) is 7.62. The van der Waals surface area contributed by atoms with Crippen LogP contribution in [0.15, 0.2) is 29.2 Å². The maximum Gasteiger partial charge on any atom is 0.270 e. The van der Waals surface area contributed by atoms with E-state index < -0.39 is 14.9 Å². The summed E-state index contributed by atoms with van der Waals surface area (Å²) in [7, 11) is -3.65. The second-order valence-electron chi connectivity index (χ2n) is 4.16. The molecule has 0 N–H and O–H groups in total. The largest absolute Gasteiger partial charge is 0.270 e. The third kappa shape index (κ3) is 3.74. The van der Waals surface area contributed by atoms with E-state index in [1.54, 1.807) is 0 Å². The molecule has 0 spiro atoms. The van der Waals surface area contributed by atoms with E-state index in [4.69, 9.17) is 0 Å². The van der Waals surface area contributed by atoms with Crippen LogP contribution in [0.25, 0.3) is 0 Å². The fourth-order valence-corrected chi connectivity index (χ4v) is 3.42. The maximum absolute atomic E-state index is 12.4. The van der Waals surface area contributed by atoms with Crippen molar-refractivity contribution in [3.8, 4) is 0 Å². The summed E-state index contributed by atoms with van der Waals surface area (Å²) in [5.74, 6) is 0. The molecule has 1 aromatic carbocycles. The monoisotopic (exact) mass is 286 g/mol. The van der Waals surface area contributed by atoms with Gasteiger partial charge in [-0.15, -0.1) is 0 Å². The van der Waals surface area contributed by atoms with Crippen LogP contribution in [-0.4, -0.2) is 30.7 Å². The van der Waals surface area contributed by atoms with Gasteiger partial charge in [0, 0.05) is 25.2 Å². The Morgan fingerprint density at radius 2 is 1.79 bits per heavy atom. The molecule has 1 rings (SSSR count). The zero-order valence-corrected chi connectivity index (χ0v) is 11.9. The number of nitrogens with zero attached hydrogens (tertiary/aromatic N) is 2. The SMILES string of the molecule is CCCN(CCC)S(=O)(=O)c1cccc([N+](=O)[O-])c1. The van der Waals surface area contributed by atoms with E-state index >= 15 is 0 Å². The predicted octanol–water partition coefficient (Wildman–Crippen LogP) is 2.41. The molecule has 0 aliphatic carbocycles. The fraction of sp³-hybridized carbons (Fsp3) is 0.500. The molecule has 6 nitrogen and oxygen atoms in total. The lowest BCUT2D eigenvalue weighted by Gasteiger charge is -2.20. The van der Waals surface area contributed by atoms with E-state index in [0.717, 1.165) is 6.07 Å². The predicted molar refractivity (Wildman–Crippen MR) is 72.4 cm³/mol. The van der Waals surface area contributed by atoms with Crippen LogP contribution in [0.3, 0.4) is 0 Å². The van der Waals surface area contributed by atoms with Gasteiger partial charge in [0.2, 0.25) is 10.0 Å². The van der Waals surface area contributed by atoms with Crippen LogP contribution < -0.4 is 0 Å². The summed E-state index contributed by atoms with van der Waals surface area (Å²) < 4.78 is 26.1. The summed E-state index contributed by atoms with van der Waals surface area (Å²) in [6.07, 6.45) is 1.41. The Morgan fingerprint density at radius 3 is 2.26 bits per heavy atom. The summed E-state index contributed by atoms with van der Waals surface area (Å²) in [6, 6.07) is 5.17. The number of hydrogen-bond donors (Lipinski definition) is 0. The van der Waals surface area contributed by atoms with Gasteiger partial charge in [-0.3, -0.25) is 10.1 Å². The van der Waals surface area contributed by atoms with Gasteiger partial charge in [-0.25, -0.2) is 8.42 Å². The average Bonchev–Trinajstić information content (AvgIpc) is 2.38. The molecule has 0 unspecified atom stereocenters. The number of non-ortho nitro benzene ring substituents is 1. The maximum atomic E-state index is 12.4. The van der Waals surface area contributed by atoms with E-state index in [9.17, 15) is 18.5 Å². The van der Waals surface area contributed by atoms with Crippen molar-refractivity contribution in [2.75, 3.05) is 13.1 Å². The van der Waals surface area contributed by atoms with Gasteiger partial charge in [0.1, 0.15) is 0 Å². The normalized spacial score (nSPS) is 11.7. The molecule has 0 aliphatic rings. The first-order valence-electron chi connectivity index (χ1n) is 6.18. The third-order valence-corrected chi connectivity index (χ3v) is 4.51. The van der Waals surface area contributed by atoms with Gasteiger partial charge in [-0.2, -0.15) is 4.31 Å². The first-order chi connectivity index (χ1) is 8.93. The molecule has 0 radical (unpaired) electrons. The molecule has 106 valence electrons. The summed E-state index contributed by atoms with van der Waals surface area (Å²) >= 11 is 0. The lowest BCUT2D eigenvalue weighted by molar-refractivity contribution is -0.385. The highest BCUT2D eigenvalue weighted by molar-refractivity contribution is 7.89. The van der Waals surface area contributed by atoms with Gasteiger partial charge in [-0.05, 0) is 18.9 Å². The average molecular weight is 286 g/mol. The second-order valence-corrected chi connectivity index (χ2v) is 6.10. The molecule has 0 amide bonds. The van der Waals surface area contributed by atoms with E-state index in [2.05, 4.69) is 0 Å². The van der Waals surface area contributed by atoms with Gasteiger partial charge >= 0.3 is 0 Å². The molecule has 0 saturated carbocycles. The zero-order chi connectivity index (χ0) is 14.5. The summed E-state index contributed by atoms with van der Waals surface area (Å²) in [4.78, 5) is 10.1. The minimum absolute atomic E-state index is 0.0244. The van der Waals surface area contributed by atoms with Crippen LogP contribution in [0.1, 0.15) is 26.7 Å². The molecule has 1 aromatic rings. The quantitative estimate of drug-likeness (QED) is 0.569. The molecular weight excluding hydrogens is 268 g/mol. The number of benzene rings is 1. The van der Waals surface area contributed by atoms with Gasteiger partial charge in [-0.1, -0.05) is 19.9 Å². The molecule has 0 heterocycles. The number of rotatable bonds is 7. The Hall–Kier alpha value is -1.47. The molecule has 0 bridgehead atoms. The number of nitro groups is 1. The number of sulfonamides is 1. The van der Waals surface area contributed by atoms with Crippen molar-refractivity contribution in [1.29, 1.82) is 0 Å². The van der Waals surface area contributed by atoms with Crippen LogP contribution in [0, 0.1) is 10.1 Å². The van der Waals surface area contributed by atoms with Crippen LogP contribution in [0.2, 0.25) is 0 Å². The first kappa shape index (κ1) is 15.6. The summed E-state index contributed by atoms with van der Waals surface area (Å²) in [5, 5.41) is 10.7. The van der Waals surface area contributed by atoms with Gasteiger partial charge in [0.05, 0.1) is 9.82 Å². The van der Waals surface area contributed by atoms with Crippen molar-refractivity contribution in [3.63, 3.8) is 0 Å². The van der Waals surface area contributed by atoms with Crippen LogP contribution in [0.4, 0.5) is 5.69 Å². The van der Waals surface area contributed by atoms with Crippen molar-refractivity contribution in [2.45, 2.75) is 31.6 Å². The van der Waals surface area contributed by atoms with Crippen molar-refractivity contribution >= 4 is 15.7 Å². The van der Waals surface area contributed by atoms with Crippen LogP contribution >= 0.6 is 0 Å². The highest BCUT2D eigenvalue weighted by Gasteiger charge is 2.24. The Kier molecular flexibility index (Phi) is 5.44. The van der Waals surface area contributed by atoms with Crippen molar-refractivity contribution < 1.29 is 13.3 Å². The molecule has 0 aliphatic heterocycles. The van der Waals surface area contributed by atoms with E-state index in [1.165, 1.54) is 22.5 Å². The highest BCUT2D eigenvalue weighted by atomic mass is 32.2. The molecule has 0 aromatic heterocycles. The smallest absolute Gasteiger partial charge is 0.258 e. The molecule has 0 fully saturated rings. The molecule has 0 atom stereocenters. The molecule has 19 heavy (non-hydrogen) atoms. The van der Waals surface area contributed by atoms with E-state index in [-0.39, 0.29) is 10.6 Å². The topological polar surface area (TPSA) is 80.5 Å². The van der Waals surface area contributed by atoms with Crippen LogP contribution in [-0.2, 0) is 10.0 Å². The number of nitro benzene ring substituents is 1. The van der Waals surface area contributed by atoms with Crippen molar-refractivity contribution in [2.24, 2.45) is 0 Å². The van der Waals surface area contributed by atoms with E-state index in [0.29, 0.717) is 25.9 Å². The Labute approximate surface area is 113 Å². The van der Waals surface area contributed by atoms with Gasteiger partial charge in [0.15, 0.2) is 0 Å². The van der Waals surface area contributed by atoms with E-state index in [1.807, 2.05) is 13.8 Å². The molecule has 7 heteroatoms. The number of hydrogen-bond acceptors (Lipinski definition) is 4. The Bertz CT molecular complexity index is 536. The minimum Gasteiger partial charge on any atom is -0.258 e. The fourth-order valence-electron chi connectivity index (χ4n) is 1.76. The Morgan fingerprint density at radius 1 is 1.21 bits per heavy atom. The van der Waals surface area contributed by atoms with Crippen molar-refractivity contribution in [3.05, 3.63) is 34.4 Å². The minimum atomic E-state index is -3.65. The second kappa shape index (κ2) is 6.63. The lowest BCUT2D eigenvalue weighted by atomic mass is 10.3. The third-order valence-electron chi connectivity index (χ3n) is 2.61. The van der Waals surface area contributed by atoms with Gasteiger partial charge < -0.3 is 0 Å². The molecule has 0 saturated heterocycles. The Balaban J connectivity index is 3.17. The lowest BCUT2D eigenvalue weighted by Crippen LogP contribution is -2.32. The standard InChI is InChI=1S/C12H18N2O4S/c1-3-8-13(9-4-2)19(17,18)12-7-5-6-11(10-12)14(15)16/h5-7,10H,3-4,8-9H2,1-2H3. The summed E-state index contributed by atoms with van der Waals surface area (Å²) in [5.41, 5.74) is -0.214. The summed E-state index contributed by atoms with van der Waals surface area (Å²) in [6.45, 7) is 4.62. The highest BCUT2D eigenvalue weighted by Crippen LogP contribution is 2.21. The zero-order valence-electron chi connectivity index (χ0n) is 11.1. The van der Waals surface area contributed by atoms with Gasteiger partial charge in [0.25, 0.3) is 5.69 Å². The molecular formula is C12H18N2O4S. The van der Waals surface area contributed by atoms with Crippen LogP contribution in [0.5, 0.6) is 0 Å². The van der Waals surface area contributed by atoms with Crippen molar-refractivity contribution in [1.82, 2.24) is 4.31 Å².